The summed E-state index contributed by atoms with van der Waals surface area (Å²) < 4.78 is 9.70. The number of carbonyl (C=O) groups excluding carboxylic acids is 1. The van der Waals surface area contributed by atoms with Crippen LogP contribution in [0.4, 0.5) is 0 Å². The number of hydrogen-bond donors (Lipinski definition) is 2. The minimum atomic E-state index is -0.162. The quantitative estimate of drug-likeness (QED) is 0.490. The summed E-state index contributed by atoms with van der Waals surface area (Å²) in [7, 11) is 1.57. The summed E-state index contributed by atoms with van der Waals surface area (Å²) in [6.07, 6.45) is 0.573. The number of ether oxygens (including phenoxy) is 2. The molecule has 0 saturated carbocycles. The van der Waals surface area contributed by atoms with Gasteiger partial charge in [0.2, 0.25) is 5.91 Å². The molecule has 1 amide bonds. The van der Waals surface area contributed by atoms with Crippen LogP contribution in [-0.2, 0) is 14.3 Å². The number of rotatable bonds is 8. The normalized spacial score (nSPS) is 10.0. The summed E-state index contributed by atoms with van der Waals surface area (Å²) in [5.41, 5.74) is 0. The van der Waals surface area contributed by atoms with E-state index >= 15 is 0 Å². The fourth-order valence-corrected chi connectivity index (χ4v) is 0.665. The van der Waals surface area contributed by atoms with Crippen LogP contribution in [0, 0.1) is 0 Å². The number of aliphatic hydroxyl groups is 1. The predicted molar refractivity (Wildman–Crippen MR) is 47.4 cm³/mol. The molecule has 5 nitrogen and oxygen atoms in total. The number of methoxy groups -OCH3 is 1. The molecule has 0 radical (unpaired) electrons. The fraction of sp³-hybridized carbons (Fsp3) is 0.875. The van der Waals surface area contributed by atoms with Crippen LogP contribution in [-0.4, -0.2) is 51.1 Å². The summed E-state index contributed by atoms with van der Waals surface area (Å²) in [4.78, 5) is 10.9. The maximum absolute atomic E-state index is 10.9. The Hall–Kier alpha value is -0.650. The highest BCUT2D eigenvalue weighted by atomic mass is 16.5. The number of nitrogens with one attached hydrogen (secondary N) is 1. The van der Waals surface area contributed by atoms with Gasteiger partial charge in [-0.25, -0.2) is 0 Å². The third-order valence-corrected chi connectivity index (χ3v) is 1.32. The third kappa shape index (κ3) is 9.26. The third-order valence-electron chi connectivity index (χ3n) is 1.32. The molecule has 0 aromatic carbocycles. The molecule has 0 bridgehead atoms. The minimum absolute atomic E-state index is 0.0504. The summed E-state index contributed by atoms with van der Waals surface area (Å²) in [5.74, 6) is -0.162. The van der Waals surface area contributed by atoms with Gasteiger partial charge in [0.15, 0.2) is 0 Å². The van der Waals surface area contributed by atoms with E-state index in [-0.39, 0.29) is 19.1 Å². The summed E-state index contributed by atoms with van der Waals surface area (Å²) in [6.45, 7) is 1.54. The Kier molecular flexibility index (Phi) is 8.97. The van der Waals surface area contributed by atoms with Crippen LogP contribution in [0.1, 0.15) is 6.42 Å². The lowest BCUT2D eigenvalue weighted by molar-refractivity contribution is -0.126. The first kappa shape index (κ1) is 12.3. The van der Waals surface area contributed by atoms with E-state index in [1.807, 2.05) is 0 Å². The first-order valence-electron chi connectivity index (χ1n) is 4.25. The molecule has 0 unspecified atom stereocenters. The zero-order chi connectivity index (χ0) is 9.94. The van der Waals surface area contributed by atoms with Crippen molar-refractivity contribution in [3.8, 4) is 0 Å². The van der Waals surface area contributed by atoms with Crippen molar-refractivity contribution in [2.24, 2.45) is 0 Å². The molecule has 0 aliphatic rings. The minimum Gasteiger partial charge on any atom is -0.396 e. The molecule has 5 heteroatoms. The molecule has 0 heterocycles. The summed E-state index contributed by atoms with van der Waals surface area (Å²) in [6, 6.07) is 0. The van der Waals surface area contributed by atoms with Gasteiger partial charge in [0, 0.05) is 20.3 Å². The lowest BCUT2D eigenvalue weighted by Crippen LogP contribution is -2.29. The second-order valence-corrected chi connectivity index (χ2v) is 2.47. The smallest absolute Gasteiger partial charge is 0.246 e. The van der Waals surface area contributed by atoms with Gasteiger partial charge in [-0.15, -0.1) is 0 Å². The van der Waals surface area contributed by atoms with Gasteiger partial charge in [0.05, 0.1) is 13.2 Å². The number of aliphatic hydroxyl groups excluding tert-OH is 1. The Morgan fingerprint density at radius 3 is 2.85 bits per heavy atom. The molecule has 0 aliphatic heterocycles. The van der Waals surface area contributed by atoms with Gasteiger partial charge < -0.3 is 19.9 Å². The molecule has 0 aromatic heterocycles. The van der Waals surface area contributed by atoms with E-state index in [1.54, 1.807) is 7.11 Å². The Morgan fingerprint density at radius 2 is 2.23 bits per heavy atom. The summed E-state index contributed by atoms with van der Waals surface area (Å²) in [5, 5.41) is 11.0. The lowest BCUT2D eigenvalue weighted by Gasteiger charge is -2.04. The Bertz CT molecular complexity index is 129. The Morgan fingerprint density at radius 1 is 1.46 bits per heavy atom. The van der Waals surface area contributed by atoms with E-state index in [1.165, 1.54) is 0 Å². The van der Waals surface area contributed by atoms with E-state index in [0.717, 1.165) is 0 Å². The van der Waals surface area contributed by atoms with Crippen LogP contribution < -0.4 is 5.32 Å². The van der Waals surface area contributed by atoms with Gasteiger partial charge in [-0.3, -0.25) is 4.79 Å². The van der Waals surface area contributed by atoms with Crippen LogP contribution in [0.15, 0.2) is 0 Å². The monoisotopic (exact) mass is 191 g/mol. The van der Waals surface area contributed by atoms with Crippen molar-refractivity contribution in [3.05, 3.63) is 0 Å². The summed E-state index contributed by atoms with van der Waals surface area (Å²) >= 11 is 0. The second kappa shape index (κ2) is 9.44. The van der Waals surface area contributed by atoms with Crippen LogP contribution in [0.5, 0.6) is 0 Å². The van der Waals surface area contributed by atoms with Crippen molar-refractivity contribution in [3.63, 3.8) is 0 Å². The highest BCUT2D eigenvalue weighted by Crippen LogP contribution is 1.78. The van der Waals surface area contributed by atoms with Crippen LogP contribution in [0.2, 0.25) is 0 Å². The molecule has 0 aromatic rings. The molecule has 0 saturated heterocycles. The Labute approximate surface area is 78.0 Å². The van der Waals surface area contributed by atoms with Crippen molar-refractivity contribution in [1.29, 1.82) is 0 Å². The van der Waals surface area contributed by atoms with E-state index in [4.69, 9.17) is 14.6 Å². The molecule has 2 N–H and O–H groups in total. The second-order valence-electron chi connectivity index (χ2n) is 2.47. The van der Waals surface area contributed by atoms with Gasteiger partial charge in [0.25, 0.3) is 0 Å². The zero-order valence-corrected chi connectivity index (χ0v) is 7.91. The maximum atomic E-state index is 10.9. The fourth-order valence-electron chi connectivity index (χ4n) is 0.665. The van der Waals surface area contributed by atoms with E-state index in [2.05, 4.69) is 5.32 Å². The van der Waals surface area contributed by atoms with Crippen molar-refractivity contribution >= 4 is 5.91 Å². The lowest BCUT2D eigenvalue weighted by atomic mass is 10.4. The van der Waals surface area contributed by atoms with E-state index in [0.29, 0.717) is 26.2 Å². The largest absolute Gasteiger partial charge is 0.396 e. The van der Waals surface area contributed by atoms with Crippen LogP contribution in [0.25, 0.3) is 0 Å². The van der Waals surface area contributed by atoms with Gasteiger partial charge in [-0.05, 0) is 6.42 Å². The first-order valence-corrected chi connectivity index (χ1v) is 4.25. The standard InChI is InChI=1S/C8H17NO4/c1-12-5-6-13-7-8(11)9-3-2-4-10/h10H,2-7H2,1H3,(H,9,11). The van der Waals surface area contributed by atoms with Crippen molar-refractivity contribution in [1.82, 2.24) is 5.32 Å². The highest BCUT2D eigenvalue weighted by Gasteiger charge is 1.98. The van der Waals surface area contributed by atoms with Crippen molar-refractivity contribution in [2.45, 2.75) is 6.42 Å². The number of amides is 1. The predicted octanol–water partition coefficient (Wildman–Crippen LogP) is -0.852. The van der Waals surface area contributed by atoms with Crippen LogP contribution in [0.3, 0.4) is 0 Å². The molecular formula is C8H17NO4. The highest BCUT2D eigenvalue weighted by molar-refractivity contribution is 5.77. The molecular weight excluding hydrogens is 174 g/mol. The average molecular weight is 191 g/mol. The molecule has 0 fully saturated rings. The zero-order valence-electron chi connectivity index (χ0n) is 7.91. The molecule has 0 rings (SSSR count). The first-order chi connectivity index (χ1) is 6.31. The molecule has 0 atom stereocenters. The topological polar surface area (TPSA) is 67.8 Å². The molecule has 78 valence electrons. The van der Waals surface area contributed by atoms with Gasteiger partial charge in [0.1, 0.15) is 6.61 Å². The maximum Gasteiger partial charge on any atom is 0.246 e. The van der Waals surface area contributed by atoms with E-state index < -0.39 is 0 Å². The average Bonchev–Trinajstić information content (AvgIpc) is 2.13. The molecule has 0 spiro atoms. The van der Waals surface area contributed by atoms with Crippen molar-refractivity contribution in [2.75, 3.05) is 40.1 Å². The number of carbonyl (C=O) groups is 1. The Balaban J connectivity index is 3.11. The van der Waals surface area contributed by atoms with E-state index in [9.17, 15) is 4.79 Å². The van der Waals surface area contributed by atoms with Crippen molar-refractivity contribution < 1.29 is 19.4 Å². The van der Waals surface area contributed by atoms with Gasteiger partial charge >= 0.3 is 0 Å². The van der Waals surface area contributed by atoms with Gasteiger partial charge in [-0.1, -0.05) is 0 Å². The molecule has 13 heavy (non-hydrogen) atoms. The van der Waals surface area contributed by atoms with Crippen LogP contribution >= 0.6 is 0 Å². The number of hydrogen-bond acceptors (Lipinski definition) is 4. The van der Waals surface area contributed by atoms with Gasteiger partial charge in [-0.2, -0.15) is 0 Å². The SMILES string of the molecule is COCCOCC(=O)NCCCO. The molecule has 0 aliphatic carbocycles.